The molecule has 2 N–H and O–H groups in total. The maximum absolute atomic E-state index is 12.3. The first-order chi connectivity index (χ1) is 13.2. The second-order valence-corrected chi connectivity index (χ2v) is 6.84. The molecule has 0 saturated carbocycles. The van der Waals surface area contributed by atoms with Crippen molar-refractivity contribution >= 4 is 23.2 Å². The molecule has 5 nitrogen and oxygen atoms in total. The van der Waals surface area contributed by atoms with Crippen molar-refractivity contribution in [2.24, 2.45) is 0 Å². The number of nitrogens with one attached hydrogen (secondary N) is 2. The van der Waals surface area contributed by atoms with Crippen LogP contribution in [0, 0.1) is 0 Å². The van der Waals surface area contributed by atoms with Gasteiger partial charge in [0.2, 0.25) is 5.91 Å². The molecule has 0 bridgehead atoms. The number of nitrogens with zero attached hydrogens (tertiary/aromatic N) is 1. The topological polar surface area (TPSA) is 61.4 Å². The van der Waals surface area contributed by atoms with Gasteiger partial charge in [0.05, 0.1) is 11.4 Å². The quantitative estimate of drug-likeness (QED) is 0.733. The summed E-state index contributed by atoms with van der Waals surface area (Å²) in [5.41, 5.74) is 2.61. The van der Waals surface area contributed by atoms with Gasteiger partial charge in [-0.1, -0.05) is 30.3 Å². The van der Waals surface area contributed by atoms with E-state index in [4.69, 9.17) is 0 Å². The molecule has 27 heavy (non-hydrogen) atoms. The van der Waals surface area contributed by atoms with Crippen molar-refractivity contribution in [1.82, 2.24) is 5.32 Å². The van der Waals surface area contributed by atoms with E-state index in [-0.39, 0.29) is 11.8 Å². The monoisotopic (exact) mass is 365 g/mol. The molecule has 1 fully saturated rings. The molecule has 0 spiro atoms. The number of carbonyl (C=O) groups excluding carboxylic acids is 2. The number of hydrogen-bond acceptors (Lipinski definition) is 3. The molecule has 0 aliphatic carbocycles. The van der Waals surface area contributed by atoms with Crippen LogP contribution in [0.5, 0.6) is 0 Å². The lowest BCUT2D eigenvalue weighted by molar-refractivity contribution is -0.116. The molecule has 1 aliphatic rings. The van der Waals surface area contributed by atoms with E-state index in [0.717, 1.165) is 24.5 Å². The third-order valence-electron chi connectivity index (χ3n) is 4.78. The Kier molecular flexibility index (Phi) is 6.85. The fraction of sp³-hybridized carbons (Fsp3) is 0.364. The van der Waals surface area contributed by atoms with Crippen molar-refractivity contribution in [2.45, 2.75) is 32.1 Å². The molecule has 2 amide bonds. The summed E-state index contributed by atoms with van der Waals surface area (Å²) >= 11 is 0. The van der Waals surface area contributed by atoms with Gasteiger partial charge >= 0.3 is 0 Å². The fourth-order valence-corrected chi connectivity index (χ4v) is 3.35. The number of amides is 2. The Bertz CT molecular complexity index is 755. The van der Waals surface area contributed by atoms with Crippen LogP contribution in [-0.4, -0.2) is 31.4 Å². The Morgan fingerprint density at radius 2 is 1.59 bits per heavy atom. The molecule has 0 unspecified atom stereocenters. The average Bonchev–Trinajstić information content (AvgIpc) is 2.73. The molecule has 0 atom stereocenters. The Hall–Kier alpha value is -2.82. The summed E-state index contributed by atoms with van der Waals surface area (Å²) in [6, 6.07) is 17.1. The number of anilines is 2. The van der Waals surface area contributed by atoms with Gasteiger partial charge in [-0.05, 0) is 49.9 Å². The highest BCUT2D eigenvalue weighted by Crippen LogP contribution is 2.28. The Labute approximate surface area is 160 Å². The normalized spacial score (nSPS) is 13.9. The predicted octanol–water partition coefficient (Wildman–Crippen LogP) is 3.83. The fourth-order valence-electron chi connectivity index (χ4n) is 3.35. The van der Waals surface area contributed by atoms with E-state index in [9.17, 15) is 9.59 Å². The van der Waals surface area contributed by atoms with Crippen LogP contribution in [0.25, 0.3) is 0 Å². The molecule has 3 rings (SSSR count). The lowest BCUT2D eigenvalue weighted by atomic mass is 10.1. The van der Waals surface area contributed by atoms with E-state index in [0.29, 0.717) is 24.9 Å². The summed E-state index contributed by atoms with van der Waals surface area (Å²) in [6.45, 7) is 2.56. The third kappa shape index (κ3) is 5.58. The van der Waals surface area contributed by atoms with Crippen molar-refractivity contribution in [2.75, 3.05) is 29.9 Å². The van der Waals surface area contributed by atoms with E-state index in [2.05, 4.69) is 21.6 Å². The molecule has 0 aromatic heterocycles. The van der Waals surface area contributed by atoms with Crippen molar-refractivity contribution in [3.8, 4) is 0 Å². The Morgan fingerprint density at radius 1 is 0.889 bits per heavy atom. The van der Waals surface area contributed by atoms with Crippen LogP contribution in [0.1, 0.15) is 42.5 Å². The minimum absolute atomic E-state index is 0.0200. The van der Waals surface area contributed by atoms with Crippen molar-refractivity contribution < 1.29 is 9.59 Å². The number of para-hydroxylation sites is 2. The van der Waals surface area contributed by atoms with Gasteiger partial charge in [0.15, 0.2) is 0 Å². The van der Waals surface area contributed by atoms with Crippen LogP contribution >= 0.6 is 0 Å². The number of hydrogen-bond donors (Lipinski definition) is 2. The molecule has 2 aromatic carbocycles. The van der Waals surface area contributed by atoms with Crippen LogP contribution in [0.2, 0.25) is 0 Å². The lowest BCUT2D eigenvalue weighted by Gasteiger charge is -2.30. The van der Waals surface area contributed by atoms with E-state index in [1.165, 1.54) is 19.3 Å². The largest absolute Gasteiger partial charge is 0.370 e. The molecule has 2 aromatic rings. The summed E-state index contributed by atoms with van der Waals surface area (Å²) in [5.74, 6) is -0.125. The summed E-state index contributed by atoms with van der Waals surface area (Å²) in [5, 5.41) is 5.89. The van der Waals surface area contributed by atoms with Crippen LogP contribution < -0.4 is 15.5 Å². The molecule has 1 aliphatic heterocycles. The van der Waals surface area contributed by atoms with E-state index in [1.54, 1.807) is 12.1 Å². The minimum Gasteiger partial charge on any atom is -0.370 e. The van der Waals surface area contributed by atoms with E-state index < -0.39 is 0 Å². The summed E-state index contributed by atoms with van der Waals surface area (Å²) in [6.07, 6.45) is 4.66. The van der Waals surface area contributed by atoms with E-state index in [1.807, 2.05) is 36.4 Å². The molecule has 1 saturated heterocycles. The SMILES string of the molecule is O=C(CCCNC(=O)c1ccccc1)Nc1ccccc1N1CCCCC1. The number of carbonyl (C=O) groups is 2. The van der Waals surface area contributed by atoms with Crippen LogP contribution in [0.4, 0.5) is 11.4 Å². The summed E-state index contributed by atoms with van der Waals surface area (Å²) < 4.78 is 0. The minimum atomic E-state index is -0.105. The predicted molar refractivity (Wildman–Crippen MR) is 109 cm³/mol. The zero-order valence-corrected chi connectivity index (χ0v) is 15.6. The number of piperidine rings is 1. The van der Waals surface area contributed by atoms with Crippen molar-refractivity contribution in [1.29, 1.82) is 0 Å². The molecular formula is C22H27N3O2. The van der Waals surface area contributed by atoms with Gasteiger partial charge in [-0.15, -0.1) is 0 Å². The maximum atomic E-state index is 12.3. The first-order valence-electron chi connectivity index (χ1n) is 9.71. The van der Waals surface area contributed by atoms with Gasteiger partial charge in [-0.25, -0.2) is 0 Å². The molecule has 1 heterocycles. The molecule has 5 heteroatoms. The highest BCUT2D eigenvalue weighted by Gasteiger charge is 2.15. The van der Waals surface area contributed by atoms with Crippen LogP contribution in [-0.2, 0) is 4.79 Å². The second-order valence-electron chi connectivity index (χ2n) is 6.84. The highest BCUT2D eigenvalue weighted by atomic mass is 16.2. The van der Waals surface area contributed by atoms with Gasteiger partial charge in [0, 0.05) is 31.6 Å². The number of benzene rings is 2. The Morgan fingerprint density at radius 3 is 2.37 bits per heavy atom. The van der Waals surface area contributed by atoms with Crippen LogP contribution in [0.15, 0.2) is 54.6 Å². The smallest absolute Gasteiger partial charge is 0.251 e. The highest BCUT2D eigenvalue weighted by molar-refractivity contribution is 5.95. The zero-order chi connectivity index (χ0) is 18.9. The third-order valence-corrected chi connectivity index (χ3v) is 4.78. The van der Waals surface area contributed by atoms with E-state index >= 15 is 0 Å². The first kappa shape index (κ1) is 19.0. The average molecular weight is 365 g/mol. The van der Waals surface area contributed by atoms with Crippen LogP contribution in [0.3, 0.4) is 0 Å². The number of rotatable bonds is 7. The molecular weight excluding hydrogens is 338 g/mol. The van der Waals surface area contributed by atoms with Gasteiger partial charge in [-0.2, -0.15) is 0 Å². The second kappa shape index (κ2) is 9.76. The van der Waals surface area contributed by atoms with Crippen molar-refractivity contribution in [3.05, 3.63) is 60.2 Å². The van der Waals surface area contributed by atoms with Gasteiger partial charge in [-0.3, -0.25) is 9.59 Å². The van der Waals surface area contributed by atoms with Gasteiger partial charge in [0.25, 0.3) is 5.91 Å². The Balaban J connectivity index is 1.45. The standard InChI is InChI=1S/C22H27N3O2/c26-21(14-9-15-23-22(27)18-10-3-1-4-11-18)24-19-12-5-6-13-20(19)25-16-7-2-8-17-25/h1,3-6,10-13H,2,7-9,14-17H2,(H,23,27)(H,24,26). The van der Waals surface area contributed by atoms with Crippen molar-refractivity contribution in [3.63, 3.8) is 0 Å². The van der Waals surface area contributed by atoms with Gasteiger partial charge in [0.1, 0.15) is 0 Å². The first-order valence-corrected chi connectivity index (χ1v) is 9.71. The maximum Gasteiger partial charge on any atom is 0.251 e. The molecule has 142 valence electrons. The molecule has 0 radical (unpaired) electrons. The lowest BCUT2D eigenvalue weighted by Crippen LogP contribution is -2.30. The van der Waals surface area contributed by atoms with Gasteiger partial charge < -0.3 is 15.5 Å². The zero-order valence-electron chi connectivity index (χ0n) is 15.6. The summed E-state index contributed by atoms with van der Waals surface area (Å²) in [4.78, 5) is 26.6. The summed E-state index contributed by atoms with van der Waals surface area (Å²) in [7, 11) is 0.